The zero-order valence-electron chi connectivity index (χ0n) is 6.34. The lowest BCUT2D eigenvalue weighted by atomic mass is 9.91. The smallest absolute Gasteiger partial charge is 0.0955 e. The first-order chi connectivity index (χ1) is 4.73. The molecule has 2 atom stereocenters. The summed E-state index contributed by atoms with van der Waals surface area (Å²) in [6.07, 6.45) is 3.31. The van der Waals surface area contributed by atoms with Crippen molar-refractivity contribution in [2.75, 3.05) is 6.61 Å². The number of rotatable bonds is 1. The third kappa shape index (κ3) is 0.789. The molecule has 2 nitrogen and oxygen atoms in total. The summed E-state index contributed by atoms with van der Waals surface area (Å²) in [4.78, 5) is 0. The Morgan fingerprint density at radius 3 is 2.60 bits per heavy atom. The predicted octanol–water partition coefficient (Wildman–Crippen LogP) is 0.936. The van der Waals surface area contributed by atoms with Gasteiger partial charge in [0.2, 0.25) is 0 Å². The van der Waals surface area contributed by atoms with E-state index in [4.69, 9.17) is 4.74 Å². The van der Waals surface area contributed by atoms with E-state index in [1.807, 2.05) is 6.92 Å². The van der Waals surface area contributed by atoms with E-state index in [1.165, 1.54) is 12.8 Å². The lowest BCUT2D eigenvalue weighted by Gasteiger charge is -2.25. The third-order valence-electron chi connectivity index (χ3n) is 2.86. The summed E-state index contributed by atoms with van der Waals surface area (Å²) in [5, 5.41) is 9.97. The summed E-state index contributed by atoms with van der Waals surface area (Å²) in [6.45, 7) is 2.72. The van der Waals surface area contributed by atoms with Gasteiger partial charge in [0.1, 0.15) is 0 Å². The molecule has 10 heavy (non-hydrogen) atoms. The van der Waals surface area contributed by atoms with Gasteiger partial charge in [0.15, 0.2) is 0 Å². The minimum absolute atomic E-state index is 0.0694. The molecule has 2 rings (SSSR count). The summed E-state index contributed by atoms with van der Waals surface area (Å²) in [7, 11) is 0. The zero-order valence-corrected chi connectivity index (χ0v) is 6.34. The van der Waals surface area contributed by atoms with E-state index < -0.39 is 5.60 Å². The maximum atomic E-state index is 9.97. The third-order valence-corrected chi connectivity index (χ3v) is 2.86. The van der Waals surface area contributed by atoms with Crippen LogP contribution in [0.3, 0.4) is 0 Å². The van der Waals surface area contributed by atoms with Gasteiger partial charge in [0.25, 0.3) is 0 Å². The molecule has 1 heterocycles. The molecule has 0 aromatic carbocycles. The highest BCUT2D eigenvalue weighted by molar-refractivity contribution is 5.01. The minimum Gasteiger partial charge on any atom is -0.387 e. The quantitative estimate of drug-likeness (QED) is 0.590. The van der Waals surface area contributed by atoms with Gasteiger partial charge in [-0.2, -0.15) is 0 Å². The fourth-order valence-electron chi connectivity index (χ4n) is 1.87. The van der Waals surface area contributed by atoms with Crippen molar-refractivity contribution in [3.8, 4) is 0 Å². The Bertz CT molecular complexity index is 142. The molecule has 0 bridgehead atoms. The second kappa shape index (κ2) is 1.95. The van der Waals surface area contributed by atoms with E-state index in [0.29, 0.717) is 5.92 Å². The minimum atomic E-state index is -0.458. The maximum Gasteiger partial charge on any atom is 0.0955 e. The normalized spacial score (nSPS) is 48.0. The van der Waals surface area contributed by atoms with Crippen LogP contribution in [0.5, 0.6) is 0 Å². The number of hydrogen-bond donors (Lipinski definition) is 1. The summed E-state index contributed by atoms with van der Waals surface area (Å²) in [5.41, 5.74) is -0.458. The predicted molar refractivity (Wildman–Crippen MR) is 37.7 cm³/mol. The van der Waals surface area contributed by atoms with Gasteiger partial charge in [0, 0.05) is 13.0 Å². The van der Waals surface area contributed by atoms with Crippen LogP contribution >= 0.6 is 0 Å². The fraction of sp³-hybridized carbons (Fsp3) is 1.00. The lowest BCUT2D eigenvalue weighted by Crippen LogP contribution is -2.38. The van der Waals surface area contributed by atoms with Gasteiger partial charge in [-0.25, -0.2) is 0 Å². The Hall–Kier alpha value is -0.0800. The number of aliphatic hydroxyl groups is 1. The van der Waals surface area contributed by atoms with E-state index >= 15 is 0 Å². The summed E-state index contributed by atoms with van der Waals surface area (Å²) < 4.78 is 5.32. The maximum absolute atomic E-state index is 9.97. The zero-order chi connectivity index (χ0) is 7.19. The second-order valence-electron chi connectivity index (χ2n) is 3.53. The van der Waals surface area contributed by atoms with Crippen LogP contribution in [0, 0.1) is 5.92 Å². The SMILES string of the molecule is CC1OCCC1(O)C1CC1. The average Bonchev–Trinajstić information content (AvgIpc) is 2.65. The van der Waals surface area contributed by atoms with Crippen LogP contribution in [-0.2, 0) is 4.74 Å². The Labute approximate surface area is 61.2 Å². The molecule has 0 aromatic rings. The Morgan fingerprint density at radius 2 is 2.20 bits per heavy atom. The molecule has 1 N–H and O–H groups in total. The Kier molecular flexibility index (Phi) is 1.29. The van der Waals surface area contributed by atoms with Gasteiger partial charge < -0.3 is 9.84 Å². The van der Waals surface area contributed by atoms with Crippen LogP contribution in [0.25, 0.3) is 0 Å². The molecule has 0 amide bonds. The van der Waals surface area contributed by atoms with E-state index in [9.17, 15) is 5.11 Å². The van der Waals surface area contributed by atoms with Crippen LogP contribution in [0.4, 0.5) is 0 Å². The van der Waals surface area contributed by atoms with Gasteiger partial charge in [0.05, 0.1) is 11.7 Å². The van der Waals surface area contributed by atoms with Gasteiger partial charge in [-0.05, 0) is 25.7 Å². The molecule has 0 radical (unpaired) electrons. The molecular formula is C8H14O2. The summed E-state index contributed by atoms with van der Waals surface area (Å²) >= 11 is 0. The molecule has 1 saturated carbocycles. The first kappa shape index (κ1) is 6.62. The van der Waals surface area contributed by atoms with Crippen LogP contribution in [0.2, 0.25) is 0 Å². The molecule has 0 spiro atoms. The van der Waals surface area contributed by atoms with E-state index in [-0.39, 0.29) is 6.10 Å². The van der Waals surface area contributed by atoms with Crippen molar-refractivity contribution in [1.29, 1.82) is 0 Å². The van der Waals surface area contributed by atoms with Crippen LogP contribution in [-0.4, -0.2) is 23.4 Å². The first-order valence-corrected chi connectivity index (χ1v) is 4.07. The highest BCUT2D eigenvalue weighted by atomic mass is 16.5. The Morgan fingerprint density at radius 1 is 1.50 bits per heavy atom. The van der Waals surface area contributed by atoms with E-state index in [2.05, 4.69) is 0 Å². The molecule has 1 saturated heterocycles. The number of hydrogen-bond acceptors (Lipinski definition) is 2. The Balaban J connectivity index is 2.10. The molecule has 0 aromatic heterocycles. The van der Waals surface area contributed by atoms with Crippen LogP contribution in [0.15, 0.2) is 0 Å². The van der Waals surface area contributed by atoms with Gasteiger partial charge in [-0.3, -0.25) is 0 Å². The molecule has 2 heteroatoms. The summed E-state index contributed by atoms with van der Waals surface area (Å²) in [6, 6.07) is 0. The van der Waals surface area contributed by atoms with Crippen molar-refractivity contribution >= 4 is 0 Å². The molecule has 1 aliphatic heterocycles. The standard InChI is InChI=1S/C8H14O2/c1-6-8(9,4-5-10-6)7-2-3-7/h6-7,9H,2-5H2,1H3. The van der Waals surface area contributed by atoms with Gasteiger partial charge >= 0.3 is 0 Å². The van der Waals surface area contributed by atoms with Gasteiger partial charge in [-0.1, -0.05) is 0 Å². The highest BCUT2D eigenvalue weighted by Crippen LogP contribution is 2.46. The molecular weight excluding hydrogens is 128 g/mol. The van der Waals surface area contributed by atoms with Crippen LogP contribution < -0.4 is 0 Å². The molecule has 2 aliphatic rings. The van der Waals surface area contributed by atoms with Crippen molar-refractivity contribution in [2.24, 2.45) is 5.92 Å². The topological polar surface area (TPSA) is 29.5 Å². The molecule has 58 valence electrons. The molecule has 1 aliphatic carbocycles. The number of ether oxygens (including phenoxy) is 1. The average molecular weight is 142 g/mol. The molecule has 2 fully saturated rings. The second-order valence-corrected chi connectivity index (χ2v) is 3.53. The van der Waals surface area contributed by atoms with Crippen LogP contribution in [0.1, 0.15) is 26.2 Å². The van der Waals surface area contributed by atoms with Crippen molar-refractivity contribution in [2.45, 2.75) is 37.9 Å². The van der Waals surface area contributed by atoms with Crippen molar-refractivity contribution in [1.82, 2.24) is 0 Å². The van der Waals surface area contributed by atoms with E-state index in [1.54, 1.807) is 0 Å². The largest absolute Gasteiger partial charge is 0.387 e. The first-order valence-electron chi connectivity index (χ1n) is 4.07. The molecule has 2 unspecified atom stereocenters. The lowest BCUT2D eigenvalue weighted by molar-refractivity contribution is -0.0433. The van der Waals surface area contributed by atoms with Crippen molar-refractivity contribution in [3.05, 3.63) is 0 Å². The monoisotopic (exact) mass is 142 g/mol. The fourth-order valence-corrected chi connectivity index (χ4v) is 1.87. The van der Waals surface area contributed by atoms with Crippen molar-refractivity contribution in [3.63, 3.8) is 0 Å². The van der Waals surface area contributed by atoms with Gasteiger partial charge in [-0.15, -0.1) is 0 Å². The van der Waals surface area contributed by atoms with Crippen molar-refractivity contribution < 1.29 is 9.84 Å². The highest BCUT2D eigenvalue weighted by Gasteiger charge is 2.50. The van der Waals surface area contributed by atoms with E-state index in [0.717, 1.165) is 13.0 Å². The summed E-state index contributed by atoms with van der Waals surface area (Å²) in [5.74, 6) is 0.546.